The Bertz CT molecular complexity index is 253. The van der Waals surface area contributed by atoms with E-state index in [-0.39, 0.29) is 6.42 Å². The smallest absolute Gasteiger partial charge is 0.320 e. The van der Waals surface area contributed by atoms with E-state index in [0.717, 1.165) is 0 Å². The Morgan fingerprint density at radius 3 is 2.14 bits per heavy atom. The molecule has 14 heavy (non-hydrogen) atoms. The maximum absolute atomic E-state index is 10.8. The first kappa shape index (κ1) is 12.4. The first-order valence-corrected chi connectivity index (χ1v) is 3.91. The highest BCUT2D eigenvalue weighted by atomic mass is 16.4. The predicted octanol–water partition coefficient (Wildman–Crippen LogP) is -2.22. The van der Waals surface area contributed by atoms with Crippen molar-refractivity contribution in [2.75, 3.05) is 0 Å². The van der Waals surface area contributed by atoms with Crippen molar-refractivity contribution in [3.05, 3.63) is 0 Å². The molecule has 0 spiro atoms. The molecule has 0 saturated carbocycles. The lowest BCUT2D eigenvalue weighted by Crippen LogP contribution is -2.49. The van der Waals surface area contributed by atoms with Crippen LogP contribution in [0.5, 0.6) is 0 Å². The largest absolute Gasteiger partial charge is 0.480 e. The third-order valence-electron chi connectivity index (χ3n) is 1.57. The van der Waals surface area contributed by atoms with Gasteiger partial charge in [0.1, 0.15) is 6.04 Å². The van der Waals surface area contributed by atoms with Gasteiger partial charge >= 0.3 is 5.97 Å². The molecule has 0 aliphatic heterocycles. The second-order valence-electron chi connectivity index (χ2n) is 2.85. The Morgan fingerprint density at radius 2 is 1.86 bits per heavy atom. The van der Waals surface area contributed by atoms with Crippen molar-refractivity contribution in [3.63, 3.8) is 0 Å². The molecule has 7 heteroatoms. The van der Waals surface area contributed by atoms with Crippen LogP contribution in [0.3, 0.4) is 0 Å². The topological polar surface area (TPSA) is 136 Å². The zero-order valence-electron chi connectivity index (χ0n) is 7.69. The van der Waals surface area contributed by atoms with Crippen LogP contribution in [0.4, 0.5) is 0 Å². The van der Waals surface area contributed by atoms with Crippen molar-refractivity contribution in [2.24, 2.45) is 11.5 Å². The number of carbonyl (C=O) groups excluding carboxylic acids is 2. The lowest BCUT2D eigenvalue weighted by molar-refractivity contribution is -0.139. The van der Waals surface area contributed by atoms with Crippen LogP contribution in [0.2, 0.25) is 0 Å². The minimum Gasteiger partial charge on any atom is -0.480 e. The summed E-state index contributed by atoms with van der Waals surface area (Å²) in [5.41, 5.74) is 9.78. The van der Waals surface area contributed by atoms with E-state index >= 15 is 0 Å². The number of amides is 2. The van der Waals surface area contributed by atoms with Gasteiger partial charge in [0.2, 0.25) is 11.8 Å². The molecule has 6 N–H and O–H groups in total. The van der Waals surface area contributed by atoms with Crippen molar-refractivity contribution < 1.29 is 19.5 Å². The zero-order chi connectivity index (χ0) is 11.3. The highest BCUT2D eigenvalue weighted by Gasteiger charge is 2.22. The Hall–Kier alpha value is -1.63. The van der Waals surface area contributed by atoms with Crippen LogP contribution >= 0.6 is 0 Å². The average Bonchev–Trinajstić information content (AvgIpc) is 2.01. The first-order chi connectivity index (χ1) is 6.34. The molecule has 2 atom stereocenters. The van der Waals surface area contributed by atoms with Gasteiger partial charge in [-0.1, -0.05) is 0 Å². The normalized spacial score (nSPS) is 14.4. The molecule has 0 fully saturated rings. The fourth-order valence-electron chi connectivity index (χ4n) is 0.816. The summed E-state index contributed by atoms with van der Waals surface area (Å²) in [6.07, 6.45) is -0.313. The third kappa shape index (κ3) is 4.41. The van der Waals surface area contributed by atoms with Crippen molar-refractivity contribution in [1.29, 1.82) is 0 Å². The Morgan fingerprint density at radius 1 is 1.36 bits per heavy atom. The van der Waals surface area contributed by atoms with E-state index < -0.39 is 29.9 Å². The van der Waals surface area contributed by atoms with Gasteiger partial charge in [-0.3, -0.25) is 19.7 Å². The van der Waals surface area contributed by atoms with E-state index in [1.54, 1.807) is 0 Å². The van der Waals surface area contributed by atoms with Crippen LogP contribution in [0.15, 0.2) is 0 Å². The molecule has 0 rings (SSSR count). The SMILES string of the molecule is CC(NC(CC(N)=O)C(N)=O)C(=O)O. The molecular formula is C7H13N3O4. The highest BCUT2D eigenvalue weighted by molar-refractivity contribution is 5.87. The number of carboxylic acid groups (broad SMARTS) is 1. The number of carbonyl (C=O) groups is 3. The van der Waals surface area contributed by atoms with Crippen molar-refractivity contribution in [3.8, 4) is 0 Å². The minimum atomic E-state index is -1.14. The van der Waals surface area contributed by atoms with Crippen molar-refractivity contribution in [2.45, 2.75) is 25.4 Å². The first-order valence-electron chi connectivity index (χ1n) is 3.91. The predicted molar refractivity (Wildman–Crippen MR) is 47.0 cm³/mol. The standard InChI is InChI=1S/C7H13N3O4/c1-3(7(13)14)10-4(6(9)12)2-5(8)11/h3-4,10H,2H2,1H3,(H2,8,11)(H2,9,12)(H,13,14). The van der Waals surface area contributed by atoms with E-state index in [4.69, 9.17) is 16.6 Å². The summed E-state index contributed by atoms with van der Waals surface area (Å²) in [4.78, 5) is 31.7. The second kappa shape index (κ2) is 5.18. The summed E-state index contributed by atoms with van der Waals surface area (Å²) >= 11 is 0. The Balaban J connectivity index is 4.30. The zero-order valence-corrected chi connectivity index (χ0v) is 7.69. The molecule has 0 aliphatic rings. The molecule has 2 amide bonds. The molecule has 0 saturated heterocycles. The van der Waals surface area contributed by atoms with Gasteiger partial charge in [0, 0.05) is 0 Å². The number of nitrogens with two attached hydrogens (primary N) is 2. The van der Waals surface area contributed by atoms with Crippen LogP contribution in [0, 0.1) is 0 Å². The summed E-state index contributed by atoms with van der Waals surface area (Å²) in [5.74, 6) is -2.67. The Kier molecular flexibility index (Phi) is 4.57. The van der Waals surface area contributed by atoms with Gasteiger partial charge in [-0.05, 0) is 6.92 Å². The number of nitrogens with one attached hydrogen (secondary N) is 1. The van der Waals surface area contributed by atoms with Gasteiger partial charge in [-0.15, -0.1) is 0 Å². The number of hydrogen-bond acceptors (Lipinski definition) is 4. The van der Waals surface area contributed by atoms with Gasteiger partial charge in [0.15, 0.2) is 0 Å². The second-order valence-corrected chi connectivity index (χ2v) is 2.85. The highest BCUT2D eigenvalue weighted by Crippen LogP contribution is 1.93. The van der Waals surface area contributed by atoms with E-state index in [1.165, 1.54) is 6.92 Å². The molecule has 0 aromatic heterocycles. The summed E-state index contributed by atoms with van der Waals surface area (Å²) in [6, 6.07) is -2.01. The maximum atomic E-state index is 10.8. The number of carboxylic acids is 1. The lowest BCUT2D eigenvalue weighted by Gasteiger charge is -2.16. The fourth-order valence-corrected chi connectivity index (χ4v) is 0.816. The van der Waals surface area contributed by atoms with Crippen molar-refractivity contribution >= 4 is 17.8 Å². The molecule has 0 heterocycles. The minimum absolute atomic E-state index is 0.313. The molecule has 7 nitrogen and oxygen atoms in total. The molecular weight excluding hydrogens is 190 g/mol. The summed E-state index contributed by atoms with van der Waals surface area (Å²) in [7, 11) is 0. The van der Waals surface area contributed by atoms with Gasteiger partial charge in [0.25, 0.3) is 0 Å². The molecule has 0 radical (unpaired) electrons. The van der Waals surface area contributed by atoms with E-state index in [9.17, 15) is 14.4 Å². The quantitative estimate of drug-likeness (QED) is 0.387. The molecule has 0 bridgehead atoms. The average molecular weight is 203 g/mol. The maximum Gasteiger partial charge on any atom is 0.320 e. The van der Waals surface area contributed by atoms with E-state index in [0.29, 0.717) is 0 Å². The molecule has 80 valence electrons. The van der Waals surface area contributed by atoms with Crippen LogP contribution in [0.25, 0.3) is 0 Å². The van der Waals surface area contributed by atoms with Gasteiger partial charge in [-0.25, -0.2) is 0 Å². The molecule has 2 unspecified atom stereocenters. The van der Waals surface area contributed by atoms with Crippen LogP contribution in [-0.2, 0) is 14.4 Å². The van der Waals surface area contributed by atoms with Crippen LogP contribution in [0.1, 0.15) is 13.3 Å². The molecule has 0 aromatic rings. The number of rotatable bonds is 6. The monoisotopic (exact) mass is 203 g/mol. The summed E-state index contributed by atoms with van der Waals surface area (Å²) in [5, 5.41) is 10.9. The van der Waals surface area contributed by atoms with Gasteiger partial charge in [-0.2, -0.15) is 0 Å². The van der Waals surface area contributed by atoms with Gasteiger partial charge in [0.05, 0.1) is 12.5 Å². The third-order valence-corrected chi connectivity index (χ3v) is 1.57. The van der Waals surface area contributed by atoms with Crippen LogP contribution in [-0.4, -0.2) is 35.0 Å². The molecule has 0 aromatic carbocycles. The van der Waals surface area contributed by atoms with E-state index in [1.807, 2.05) is 0 Å². The number of aliphatic carboxylic acids is 1. The van der Waals surface area contributed by atoms with Gasteiger partial charge < -0.3 is 16.6 Å². The Labute approximate surface area is 80.4 Å². The molecule has 0 aliphatic carbocycles. The van der Waals surface area contributed by atoms with Crippen molar-refractivity contribution in [1.82, 2.24) is 5.32 Å². The number of primary amides is 2. The summed E-state index contributed by atoms with van der Waals surface area (Å²) < 4.78 is 0. The van der Waals surface area contributed by atoms with Crippen LogP contribution < -0.4 is 16.8 Å². The lowest BCUT2D eigenvalue weighted by atomic mass is 10.1. The van der Waals surface area contributed by atoms with E-state index in [2.05, 4.69) is 5.32 Å². The summed E-state index contributed by atoms with van der Waals surface area (Å²) in [6.45, 7) is 1.33. The fraction of sp³-hybridized carbons (Fsp3) is 0.571. The number of hydrogen-bond donors (Lipinski definition) is 4.